The van der Waals surface area contributed by atoms with Crippen molar-refractivity contribution < 1.29 is 9.53 Å². The van der Waals surface area contributed by atoms with Crippen molar-refractivity contribution in [3.05, 3.63) is 42.0 Å². The molecule has 1 amide bonds. The van der Waals surface area contributed by atoms with Crippen LogP contribution in [0.5, 0.6) is 5.75 Å². The molecule has 1 N–H and O–H groups in total. The average molecular weight is 289 g/mol. The number of rotatable bonds is 5. The molecule has 20 heavy (non-hydrogen) atoms. The topological polar surface area (TPSA) is 38.3 Å². The fraction of sp³-hybridized carbons (Fsp3) is 0.312. The van der Waals surface area contributed by atoms with Crippen LogP contribution in [0, 0.1) is 0 Å². The summed E-state index contributed by atoms with van der Waals surface area (Å²) < 4.78 is 5.30. The predicted octanol–water partition coefficient (Wildman–Crippen LogP) is 3.00. The van der Waals surface area contributed by atoms with Gasteiger partial charge in [-0.05, 0) is 34.2 Å². The number of benzene rings is 2. The molecule has 0 bridgehead atoms. The molecule has 2 rings (SSSR count). The minimum absolute atomic E-state index is 0.0189. The van der Waals surface area contributed by atoms with E-state index in [0.717, 1.165) is 16.5 Å². The number of hydrogen-bond donors (Lipinski definition) is 2. The van der Waals surface area contributed by atoms with Crippen LogP contribution in [0.25, 0.3) is 10.8 Å². The van der Waals surface area contributed by atoms with Crippen molar-refractivity contribution in [2.45, 2.75) is 12.8 Å². The number of fused-ring (bicyclic) bond motifs is 1. The van der Waals surface area contributed by atoms with Crippen molar-refractivity contribution in [1.29, 1.82) is 0 Å². The van der Waals surface area contributed by atoms with Gasteiger partial charge in [0.05, 0.1) is 7.11 Å². The Balaban J connectivity index is 2.42. The molecular weight excluding hydrogens is 270 g/mol. The van der Waals surface area contributed by atoms with Gasteiger partial charge in [0, 0.05) is 19.4 Å². The minimum atomic E-state index is -0.0189. The molecule has 0 spiro atoms. The summed E-state index contributed by atoms with van der Waals surface area (Å²) in [6.45, 7) is 2.12. The fourth-order valence-corrected chi connectivity index (χ4v) is 2.62. The number of amides is 1. The van der Waals surface area contributed by atoms with Crippen LogP contribution in [0.2, 0.25) is 0 Å². The van der Waals surface area contributed by atoms with E-state index in [4.69, 9.17) is 4.74 Å². The highest BCUT2D eigenvalue weighted by Gasteiger charge is 2.13. The van der Waals surface area contributed by atoms with Gasteiger partial charge in [-0.1, -0.05) is 24.3 Å². The van der Waals surface area contributed by atoms with Gasteiger partial charge in [-0.3, -0.25) is 4.79 Å². The summed E-state index contributed by atoms with van der Waals surface area (Å²) in [5, 5.41) is 5.18. The summed E-state index contributed by atoms with van der Waals surface area (Å²) in [4.78, 5) is 11.1. The van der Waals surface area contributed by atoms with Crippen LogP contribution in [0.1, 0.15) is 18.4 Å². The van der Waals surface area contributed by atoms with Crippen LogP contribution in [0.15, 0.2) is 36.4 Å². The highest BCUT2D eigenvalue weighted by atomic mass is 32.1. The van der Waals surface area contributed by atoms with Gasteiger partial charge in [0.1, 0.15) is 5.75 Å². The van der Waals surface area contributed by atoms with E-state index in [1.165, 1.54) is 12.5 Å². The number of thiol groups is 1. The first-order chi connectivity index (χ1) is 9.65. The van der Waals surface area contributed by atoms with Gasteiger partial charge in [-0.2, -0.15) is 12.6 Å². The Kier molecular flexibility index (Phi) is 4.90. The Morgan fingerprint density at radius 2 is 2.15 bits per heavy atom. The second-order valence-corrected chi connectivity index (χ2v) is 5.12. The van der Waals surface area contributed by atoms with Gasteiger partial charge < -0.3 is 10.1 Å². The summed E-state index contributed by atoms with van der Waals surface area (Å²) in [5.74, 6) is 1.67. The lowest BCUT2D eigenvalue weighted by Crippen LogP contribution is -2.26. The quantitative estimate of drug-likeness (QED) is 0.831. The molecule has 0 aromatic heterocycles. The van der Waals surface area contributed by atoms with Crippen LogP contribution in [0.3, 0.4) is 0 Å². The van der Waals surface area contributed by atoms with Gasteiger partial charge in [-0.25, -0.2) is 0 Å². The zero-order valence-corrected chi connectivity index (χ0v) is 12.6. The SMILES string of the molecule is COc1ccc2cccc(C(CS)CNC(C)=O)c2c1. The molecular formula is C16H19NO2S. The molecule has 1 unspecified atom stereocenters. The van der Waals surface area contributed by atoms with Crippen molar-refractivity contribution in [3.8, 4) is 5.75 Å². The Hall–Kier alpha value is -1.68. The predicted molar refractivity (Wildman–Crippen MR) is 85.8 cm³/mol. The Bertz CT molecular complexity index is 612. The van der Waals surface area contributed by atoms with E-state index >= 15 is 0 Å². The van der Waals surface area contributed by atoms with Crippen LogP contribution in [-0.4, -0.2) is 25.3 Å². The maximum Gasteiger partial charge on any atom is 0.216 e. The van der Waals surface area contributed by atoms with Gasteiger partial charge in [0.2, 0.25) is 5.91 Å². The summed E-state index contributed by atoms with van der Waals surface area (Å²) in [6.07, 6.45) is 0. The lowest BCUT2D eigenvalue weighted by atomic mass is 9.94. The molecule has 106 valence electrons. The smallest absolute Gasteiger partial charge is 0.216 e. The Morgan fingerprint density at radius 3 is 2.80 bits per heavy atom. The zero-order chi connectivity index (χ0) is 14.5. The molecule has 4 heteroatoms. The summed E-state index contributed by atoms with van der Waals surface area (Å²) in [6, 6.07) is 12.2. The highest BCUT2D eigenvalue weighted by molar-refractivity contribution is 7.80. The monoisotopic (exact) mass is 289 g/mol. The van der Waals surface area contributed by atoms with E-state index in [9.17, 15) is 4.79 Å². The number of carbonyl (C=O) groups is 1. The maximum atomic E-state index is 11.1. The summed E-state index contributed by atoms with van der Waals surface area (Å²) in [7, 11) is 1.66. The van der Waals surface area contributed by atoms with Gasteiger partial charge in [0.25, 0.3) is 0 Å². The second kappa shape index (κ2) is 6.66. The Morgan fingerprint density at radius 1 is 1.35 bits per heavy atom. The van der Waals surface area contributed by atoms with E-state index in [1.54, 1.807) is 7.11 Å². The number of methoxy groups -OCH3 is 1. The molecule has 0 aliphatic heterocycles. The summed E-state index contributed by atoms with van der Waals surface area (Å²) in [5.41, 5.74) is 1.19. The van der Waals surface area contributed by atoms with Gasteiger partial charge in [-0.15, -0.1) is 0 Å². The van der Waals surface area contributed by atoms with E-state index in [1.807, 2.05) is 24.3 Å². The third kappa shape index (κ3) is 3.25. The molecule has 3 nitrogen and oxygen atoms in total. The fourth-order valence-electron chi connectivity index (χ4n) is 2.30. The van der Waals surface area contributed by atoms with Crippen LogP contribution >= 0.6 is 12.6 Å². The molecule has 0 saturated carbocycles. The molecule has 2 aromatic rings. The third-order valence-electron chi connectivity index (χ3n) is 3.38. The van der Waals surface area contributed by atoms with E-state index < -0.39 is 0 Å². The van der Waals surface area contributed by atoms with Crippen molar-refractivity contribution in [3.63, 3.8) is 0 Å². The first-order valence-electron chi connectivity index (χ1n) is 6.57. The third-order valence-corrected chi connectivity index (χ3v) is 3.82. The molecule has 0 radical (unpaired) electrons. The molecule has 1 atom stereocenters. The summed E-state index contributed by atoms with van der Waals surface area (Å²) >= 11 is 4.42. The van der Waals surface area contributed by atoms with E-state index in [2.05, 4.69) is 30.1 Å². The first kappa shape index (κ1) is 14.7. The lowest BCUT2D eigenvalue weighted by Gasteiger charge is -2.18. The normalized spacial score (nSPS) is 12.2. The van der Waals surface area contributed by atoms with Crippen LogP contribution in [-0.2, 0) is 4.79 Å². The second-order valence-electron chi connectivity index (χ2n) is 4.75. The largest absolute Gasteiger partial charge is 0.497 e. The number of ether oxygens (including phenoxy) is 1. The molecule has 2 aromatic carbocycles. The minimum Gasteiger partial charge on any atom is -0.497 e. The van der Waals surface area contributed by atoms with E-state index in [0.29, 0.717) is 12.3 Å². The maximum absolute atomic E-state index is 11.1. The van der Waals surface area contributed by atoms with E-state index in [-0.39, 0.29) is 11.8 Å². The van der Waals surface area contributed by atoms with Crippen LogP contribution in [0.4, 0.5) is 0 Å². The van der Waals surface area contributed by atoms with Crippen molar-refractivity contribution >= 4 is 29.3 Å². The van der Waals surface area contributed by atoms with Gasteiger partial charge in [0.15, 0.2) is 0 Å². The average Bonchev–Trinajstić information content (AvgIpc) is 2.47. The zero-order valence-electron chi connectivity index (χ0n) is 11.7. The first-order valence-corrected chi connectivity index (χ1v) is 7.21. The van der Waals surface area contributed by atoms with Crippen molar-refractivity contribution in [2.75, 3.05) is 19.4 Å². The lowest BCUT2D eigenvalue weighted by molar-refractivity contribution is -0.119. The number of carbonyl (C=O) groups excluding carboxylic acids is 1. The molecule has 0 aliphatic rings. The van der Waals surface area contributed by atoms with Crippen LogP contribution < -0.4 is 10.1 Å². The molecule has 0 saturated heterocycles. The molecule has 0 aliphatic carbocycles. The standard InChI is InChI=1S/C16H19NO2S/c1-11(18)17-9-13(10-20)15-5-3-4-12-6-7-14(19-2)8-16(12)15/h3-8,13,20H,9-10H2,1-2H3,(H,17,18). The number of nitrogens with one attached hydrogen (secondary N) is 1. The van der Waals surface area contributed by atoms with Crippen molar-refractivity contribution in [1.82, 2.24) is 5.32 Å². The Labute approximate surface area is 124 Å². The highest BCUT2D eigenvalue weighted by Crippen LogP contribution is 2.29. The molecule has 0 heterocycles. The number of hydrogen-bond acceptors (Lipinski definition) is 3. The molecule has 0 fully saturated rings. The van der Waals surface area contributed by atoms with Crippen molar-refractivity contribution in [2.24, 2.45) is 0 Å². The van der Waals surface area contributed by atoms with Gasteiger partial charge >= 0.3 is 0 Å².